The van der Waals surface area contributed by atoms with Crippen LogP contribution < -0.4 is 20.7 Å². The number of hydrogen-bond acceptors (Lipinski definition) is 3. The molecule has 0 aliphatic heterocycles. The van der Waals surface area contributed by atoms with Crippen LogP contribution in [0.1, 0.15) is 50.9 Å². The van der Waals surface area contributed by atoms with Gasteiger partial charge in [-0.3, -0.25) is 9.79 Å². The SMILES string of the molecule is CN=C(NCCNC(=O)c1cccc(OC)c1)NC(C)CCC(C)(C)C.I. The standard InChI is InChI=1S/C20H34N4O2.HI/c1-15(10-11-20(2,3)4)24-19(21-5)23-13-12-22-18(25)16-8-7-9-17(14-16)26-6;/h7-9,14-15H,10-13H2,1-6H3,(H,22,25)(H2,21,23,24);1H. The van der Waals surface area contributed by atoms with Gasteiger partial charge in [-0.2, -0.15) is 0 Å². The average molecular weight is 490 g/mol. The van der Waals surface area contributed by atoms with Crippen molar-refractivity contribution < 1.29 is 9.53 Å². The van der Waals surface area contributed by atoms with Crippen molar-refractivity contribution in [1.29, 1.82) is 0 Å². The summed E-state index contributed by atoms with van der Waals surface area (Å²) in [7, 11) is 3.34. The number of amides is 1. The highest BCUT2D eigenvalue weighted by Gasteiger charge is 2.13. The summed E-state index contributed by atoms with van der Waals surface area (Å²) in [5, 5.41) is 9.50. The van der Waals surface area contributed by atoms with Gasteiger partial charge in [-0.15, -0.1) is 24.0 Å². The van der Waals surface area contributed by atoms with Crippen LogP contribution in [-0.4, -0.2) is 45.2 Å². The molecule has 6 nitrogen and oxygen atoms in total. The van der Waals surface area contributed by atoms with E-state index < -0.39 is 0 Å². The van der Waals surface area contributed by atoms with E-state index in [1.54, 1.807) is 32.4 Å². The molecule has 0 aliphatic carbocycles. The number of nitrogens with one attached hydrogen (secondary N) is 3. The molecular weight excluding hydrogens is 455 g/mol. The number of carbonyl (C=O) groups excluding carboxylic acids is 1. The van der Waals surface area contributed by atoms with Crippen LogP contribution in [0.2, 0.25) is 0 Å². The van der Waals surface area contributed by atoms with Gasteiger partial charge in [-0.1, -0.05) is 26.8 Å². The topological polar surface area (TPSA) is 74.8 Å². The Labute approximate surface area is 181 Å². The number of nitrogens with zero attached hydrogens (tertiary/aromatic N) is 1. The first-order valence-corrected chi connectivity index (χ1v) is 9.14. The number of hydrogen-bond donors (Lipinski definition) is 3. The van der Waals surface area contributed by atoms with Crippen molar-refractivity contribution in [2.45, 2.75) is 46.6 Å². The van der Waals surface area contributed by atoms with Crippen LogP contribution >= 0.6 is 24.0 Å². The van der Waals surface area contributed by atoms with E-state index in [1.165, 1.54) is 0 Å². The first-order chi connectivity index (χ1) is 12.2. The van der Waals surface area contributed by atoms with Crippen molar-refractivity contribution in [3.8, 4) is 5.75 Å². The maximum Gasteiger partial charge on any atom is 0.251 e. The number of ether oxygens (including phenoxy) is 1. The van der Waals surface area contributed by atoms with Crippen molar-refractivity contribution in [2.75, 3.05) is 27.2 Å². The molecule has 1 unspecified atom stereocenters. The van der Waals surface area contributed by atoms with Crippen LogP contribution in [-0.2, 0) is 0 Å². The summed E-state index contributed by atoms with van der Waals surface area (Å²) in [4.78, 5) is 16.4. The Morgan fingerprint density at radius 3 is 2.48 bits per heavy atom. The molecule has 7 heteroatoms. The lowest BCUT2D eigenvalue weighted by molar-refractivity contribution is 0.0954. The Morgan fingerprint density at radius 2 is 1.89 bits per heavy atom. The second-order valence-electron chi connectivity index (χ2n) is 7.63. The summed E-state index contributed by atoms with van der Waals surface area (Å²) in [6.07, 6.45) is 2.23. The highest BCUT2D eigenvalue weighted by Crippen LogP contribution is 2.21. The lowest BCUT2D eigenvalue weighted by Gasteiger charge is -2.23. The number of benzene rings is 1. The van der Waals surface area contributed by atoms with E-state index in [1.807, 2.05) is 6.07 Å². The summed E-state index contributed by atoms with van der Waals surface area (Å²) in [6.45, 7) is 10.0. The van der Waals surface area contributed by atoms with Gasteiger partial charge in [0, 0.05) is 31.7 Å². The quantitative estimate of drug-likeness (QED) is 0.226. The maximum atomic E-state index is 12.1. The Hall–Kier alpha value is -1.51. The first kappa shape index (κ1) is 25.5. The van der Waals surface area contributed by atoms with Crippen molar-refractivity contribution in [3.05, 3.63) is 29.8 Å². The lowest BCUT2D eigenvalue weighted by Crippen LogP contribution is -2.45. The van der Waals surface area contributed by atoms with Crippen molar-refractivity contribution in [3.63, 3.8) is 0 Å². The zero-order valence-corrected chi connectivity index (χ0v) is 19.7. The molecule has 0 spiro atoms. The summed E-state index contributed by atoms with van der Waals surface area (Å²) in [5.74, 6) is 1.30. The number of halogens is 1. The van der Waals surface area contributed by atoms with E-state index in [4.69, 9.17) is 4.74 Å². The largest absolute Gasteiger partial charge is 0.497 e. The Kier molecular flexibility index (Phi) is 12.1. The highest BCUT2D eigenvalue weighted by molar-refractivity contribution is 14.0. The maximum absolute atomic E-state index is 12.1. The number of guanidine groups is 1. The molecule has 3 N–H and O–H groups in total. The number of aliphatic imine (C=N–C) groups is 1. The van der Waals surface area contributed by atoms with Crippen molar-refractivity contribution in [2.24, 2.45) is 10.4 Å². The Bertz CT molecular complexity index is 600. The van der Waals surface area contributed by atoms with E-state index in [0.29, 0.717) is 35.9 Å². The van der Waals surface area contributed by atoms with Gasteiger partial charge in [0.15, 0.2) is 5.96 Å². The molecule has 0 bridgehead atoms. The third kappa shape index (κ3) is 11.0. The van der Waals surface area contributed by atoms with Gasteiger partial charge in [0.25, 0.3) is 5.91 Å². The predicted octanol–water partition coefficient (Wildman–Crippen LogP) is 3.42. The monoisotopic (exact) mass is 490 g/mol. The first-order valence-electron chi connectivity index (χ1n) is 9.14. The van der Waals surface area contributed by atoms with Crippen molar-refractivity contribution >= 4 is 35.8 Å². The third-order valence-corrected chi connectivity index (χ3v) is 3.97. The van der Waals surface area contributed by atoms with E-state index >= 15 is 0 Å². The summed E-state index contributed by atoms with van der Waals surface area (Å²) in [5.41, 5.74) is 0.916. The van der Waals surface area contributed by atoms with E-state index in [9.17, 15) is 4.79 Å². The molecule has 1 rings (SSSR count). The summed E-state index contributed by atoms with van der Waals surface area (Å²) >= 11 is 0. The summed E-state index contributed by atoms with van der Waals surface area (Å²) in [6, 6.07) is 7.45. The second-order valence-corrected chi connectivity index (χ2v) is 7.63. The molecule has 0 saturated heterocycles. The molecule has 0 aromatic heterocycles. The van der Waals surface area contributed by atoms with Crippen LogP contribution in [0.5, 0.6) is 5.75 Å². The molecule has 0 heterocycles. The van der Waals surface area contributed by atoms with Crippen LogP contribution in [0.3, 0.4) is 0 Å². The van der Waals surface area contributed by atoms with Gasteiger partial charge in [0.1, 0.15) is 5.75 Å². The van der Waals surface area contributed by atoms with Crippen molar-refractivity contribution in [1.82, 2.24) is 16.0 Å². The fraction of sp³-hybridized carbons (Fsp3) is 0.600. The molecule has 1 amide bonds. The van der Waals surface area contributed by atoms with Crippen LogP contribution in [0.4, 0.5) is 0 Å². The van der Waals surface area contributed by atoms with E-state index in [2.05, 4.69) is 48.6 Å². The third-order valence-electron chi connectivity index (χ3n) is 3.97. The molecule has 154 valence electrons. The molecule has 0 fully saturated rings. The molecule has 1 aromatic rings. The zero-order chi connectivity index (χ0) is 19.6. The normalized spacial score (nSPS) is 12.6. The summed E-state index contributed by atoms with van der Waals surface area (Å²) < 4.78 is 5.14. The van der Waals surface area contributed by atoms with Crippen LogP contribution in [0, 0.1) is 5.41 Å². The minimum absolute atomic E-state index is 0. The van der Waals surface area contributed by atoms with Crippen LogP contribution in [0.15, 0.2) is 29.3 Å². The average Bonchev–Trinajstić information content (AvgIpc) is 2.61. The molecule has 0 saturated carbocycles. The molecule has 1 atom stereocenters. The number of methoxy groups -OCH3 is 1. The van der Waals surface area contributed by atoms with Gasteiger partial charge in [-0.05, 0) is 43.4 Å². The lowest BCUT2D eigenvalue weighted by atomic mass is 9.89. The fourth-order valence-electron chi connectivity index (χ4n) is 2.37. The number of carbonyl (C=O) groups is 1. The van der Waals surface area contributed by atoms with E-state index in [-0.39, 0.29) is 29.9 Å². The van der Waals surface area contributed by atoms with Gasteiger partial charge < -0.3 is 20.7 Å². The predicted molar refractivity (Wildman–Crippen MR) is 123 cm³/mol. The minimum Gasteiger partial charge on any atom is -0.497 e. The molecule has 1 aromatic carbocycles. The van der Waals surface area contributed by atoms with Gasteiger partial charge in [0.05, 0.1) is 7.11 Å². The smallest absolute Gasteiger partial charge is 0.251 e. The Morgan fingerprint density at radius 1 is 1.22 bits per heavy atom. The zero-order valence-electron chi connectivity index (χ0n) is 17.4. The molecule has 0 aliphatic rings. The van der Waals surface area contributed by atoms with Gasteiger partial charge in [-0.25, -0.2) is 0 Å². The van der Waals surface area contributed by atoms with E-state index in [0.717, 1.165) is 18.8 Å². The second kappa shape index (κ2) is 12.8. The number of rotatable bonds is 8. The van der Waals surface area contributed by atoms with Gasteiger partial charge in [0.2, 0.25) is 0 Å². The molecular formula is C20H35IN4O2. The van der Waals surface area contributed by atoms with Gasteiger partial charge >= 0.3 is 0 Å². The fourth-order valence-corrected chi connectivity index (χ4v) is 2.37. The van der Waals surface area contributed by atoms with Crippen LogP contribution in [0.25, 0.3) is 0 Å². The molecule has 0 radical (unpaired) electrons. The highest BCUT2D eigenvalue weighted by atomic mass is 127. The Balaban J connectivity index is 0.00000676. The minimum atomic E-state index is -0.118. The molecule has 27 heavy (non-hydrogen) atoms.